The Morgan fingerprint density at radius 3 is 2.65 bits per heavy atom. The molecule has 2 aromatic rings. The van der Waals surface area contributed by atoms with Gasteiger partial charge in [0.2, 0.25) is 0 Å². The summed E-state index contributed by atoms with van der Waals surface area (Å²) in [6.45, 7) is 0. The van der Waals surface area contributed by atoms with Gasteiger partial charge in [0.05, 0.1) is 17.7 Å². The van der Waals surface area contributed by atoms with E-state index in [-0.39, 0.29) is 5.91 Å². The molecule has 0 aliphatic heterocycles. The summed E-state index contributed by atoms with van der Waals surface area (Å²) in [4.78, 5) is 12.8. The SMILES string of the molecule is COc1ccc(NC(=O)c2ccc(Br)cc2S)cc1Cl. The number of carbonyl (C=O) groups is 1. The number of amides is 1. The molecule has 1 amide bonds. The lowest BCUT2D eigenvalue weighted by Crippen LogP contribution is -2.12. The topological polar surface area (TPSA) is 38.3 Å². The van der Waals surface area contributed by atoms with Crippen molar-refractivity contribution in [2.75, 3.05) is 12.4 Å². The quantitative estimate of drug-likeness (QED) is 0.770. The van der Waals surface area contributed by atoms with E-state index in [0.29, 0.717) is 26.9 Å². The van der Waals surface area contributed by atoms with Crippen molar-refractivity contribution in [1.29, 1.82) is 0 Å². The minimum Gasteiger partial charge on any atom is -0.495 e. The first-order valence-electron chi connectivity index (χ1n) is 5.64. The van der Waals surface area contributed by atoms with E-state index in [0.717, 1.165) is 4.47 Å². The van der Waals surface area contributed by atoms with Gasteiger partial charge in [-0.25, -0.2) is 0 Å². The summed E-state index contributed by atoms with van der Waals surface area (Å²) in [5.74, 6) is 0.312. The fourth-order valence-corrected chi connectivity index (χ4v) is 2.75. The fraction of sp³-hybridized carbons (Fsp3) is 0.0714. The van der Waals surface area contributed by atoms with Crippen molar-refractivity contribution < 1.29 is 9.53 Å². The molecule has 0 saturated heterocycles. The van der Waals surface area contributed by atoms with Crippen molar-refractivity contribution in [3.8, 4) is 5.75 Å². The minimum atomic E-state index is -0.247. The van der Waals surface area contributed by atoms with Crippen LogP contribution < -0.4 is 10.1 Å². The lowest BCUT2D eigenvalue weighted by atomic mass is 10.2. The molecule has 3 nitrogen and oxygen atoms in total. The predicted octanol–water partition coefficient (Wildman–Crippen LogP) is 4.65. The van der Waals surface area contributed by atoms with Gasteiger partial charge in [-0.2, -0.15) is 0 Å². The van der Waals surface area contributed by atoms with Crippen molar-refractivity contribution in [2.45, 2.75) is 4.90 Å². The minimum absolute atomic E-state index is 0.247. The highest BCUT2D eigenvalue weighted by Gasteiger charge is 2.11. The van der Waals surface area contributed by atoms with E-state index >= 15 is 0 Å². The molecule has 6 heteroatoms. The molecule has 0 aromatic heterocycles. The van der Waals surface area contributed by atoms with Gasteiger partial charge in [0.1, 0.15) is 5.75 Å². The molecule has 0 spiro atoms. The second-order valence-corrected chi connectivity index (χ2v) is 5.77. The average Bonchev–Trinajstić information content (AvgIpc) is 2.38. The molecule has 0 aliphatic rings. The van der Waals surface area contributed by atoms with Gasteiger partial charge in [-0.15, -0.1) is 12.6 Å². The normalized spacial score (nSPS) is 10.2. The highest BCUT2D eigenvalue weighted by atomic mass is 79.9. The van der Waals surface area contributed by atoms with Crippen LogP contribution in [-0.4, -0.2) is 13.0 Å². The molecule has 0 saturated carbocycles. The third-order valence-electron chi connectivity index (χ3n) is 2.61. The van der Waals surface area contributed by atoms with Crippen LogP contribution in [0.5, 0.6) is 5.75 Å². The summed E-state index contributed by atoms with van der Waals surface area (Å²) >= 11 is 13.6. The van der Waals surface area contributed by atoms with E-state index in [2.05, 4.69) is 33.9 Å². The van der Waals surface area contributed by atoms with E-state index in [1.165, 1.54) is 7.11 Å². The maximum absolute atomic E-state index is 12.2. The Labute approximate surface area is 135 Å². The van der Waals surface area contributed by atoms with E-state index < -0.39 is 0 Å². The van der Waals surface area contributed by atoms with Crippen molar-refractivity contribution in [2.24, 2.45) is 0 Å². The third kappa shape index (κ3) is 3.48. The number of carbonyl (C=O) groups excluding carboxylic acids is 1. The predicted molar refractivity (Wildman–Crippen MR) is 87.4 cm³/mol. The molecule has 0 atom stereocenters. The largest absolute Gasteiger partial charge is 0.495 e. The molecule has 0 unspecified atom stereocenters. The Hall–Kier alpha value is -1.17. The zero-order chi connectivity index (χ0) is 14.7. The molecule has 0 radical (unpaired) electrons. The van der Waals surface area contributed by atoms with Gasteiger partial charge in [0.25, 0.3) is 5.91 Å². The highest BCUT2D eigenvalue weighted by Crippen LogP contribution is 2.28. The number of benzene rings is 2. The lowest BCUT2D eigenvalue weighted by molar-refractivity contribution is 0.102. The van der Waals surface area contributed by atoms with Gasteiger partial charge in [-0.05, 0) is 36.4 Å². The standard InChI is InChI=1S/C14H11BrClNO2S/c1-19-12-5-3-9(7-11(12)16)17-14(18)10-4-2-8(15)6-13(10)20/h2-7,20H,1H3,(H,17,18). The van der Waals surface area contributed by atoms with Crippen LogP contribution in [0.1, 0.15) is 10.4 Å². The van der Waals surface area contributed by atoms with Crippen LogP contribution in [0.3, 0.4) is 0 Å². The number of ether oxygens (including phenoxy) is 1. The van der Waals surface area contributed by atoms with Crippen LogP contribution >= 0.6 is 40.2 Å². The number of hydrogen-bond acceptors (Lipinski definition) is 3. The van der Waals surface area contributed by atoms with Crippen molar-refractivity contribution >= 4 is 51.8 Å². The third-order valence-corrected chi connectivity index (χ3v) is 3.77. The monoisotopic (exact) mass is 371 g/mol. The number of rotatable bonds is 3. The number of nitrogens with one attached hydrogen (secondary N) is 1. The summed E-state index contributed by atoms with van der Waals surface area (Å²) in [7, 11) is 1.54. The Morgan fingerprint density at radius 2 is 2.05 bits per heavy atom. The zero-order valence-electron chi connectivity index (χ0n) is 10.5. The summed E-state index contributed by atoms with van der Waals surface area (Å²) in [5.41, 5.74) is 1.08. The van der Waals surface area contributed by atoms with Crippen molar-refractivity contribution in [3.05, 3.63) is 51.5 Å². The molecule has 20 heavy (non-hydrogen) atoms. The average molecular weight is 373 g/mol. The van der Waals surface area contributed by atoms with Crippen molar-refractivity contribution in [3.63, 3.8) is 0 Å². The number of thiol groups is 1. The van der Waals surface area contributed by atoms with Crippen LogP contribution in [0.25, 0.3) is 0 Å². The second-order valence-electron chi connectivity index (χ2n) is 3.96. The molecule has 1 N–H and O–H groups in total. The summed E-state index contributed by atoms with van der Waals surface area (Å²) in [6, 6.07) is 10.3. The summed E-state index contributed by atoms with van der Waals surface area (Å²) in [5, 5.41) is 3.20. The van der Waals surface area contributed by atoms with Gasteiger partial charge in [-0.3, -0.25) is 4.79 Å². The second kappa shape index (κ2) is 6.52. The fourth-order valence-electron chi connectivity index (χ4n) is 1.64. The van der Waals surface area contributed by atoms with Crippen LogP contribution in [0.15, 0.2) is 45.8 Å². The number of hydrogen-bond donors (Lipinski definition) is 2. The van der Waals surface area contributed by atoms with Gasteiger partial charge < -0.3 is 10.1 Å². The molecule has 2 aromatic carbocycles. The van der Waals surface area contributed by atoms with E-state index in [1.54, 1.807) is 36.4 Å². The molecule has 0 aliphatic carbocycles. The highest BCUT2D eigenvalue weighted by molar-refractivity contribution is 9.10. The van der Waals surface area contributed by atoms with Crippen LogP contribution in [0.4, 0.5) is 5.69 Å². The molecule has 2 rings (SSSR count). The van der Waals surface area contributed by atoms with E-state index in [1.807, 2.05) is 0 Å². The molecule has 0 bridgehead atoms. The number of methoxy groups -OCH3 is 1. The first kappa shape index (κ1) is 15.2. The molecule has 0 fully saturated rings. The van der Waals surface area contributed by atoms with E-state index in [9.17, 15) is 4.79 Å². The maximum atomic E-state index is 12.2. The summed E-state index contributed by atoms with van der Waals surface area (Å²) in [6.07, 6.45) is 0. The van der Waals surface area contributed by atoms with Crippen LogP contribution in [0, 0.1) is 0 Å². The van der Waals surface area contributed by atoms with Gasteiger partial charge >= 0.3 is 0 Å². The molecule has 104 valence electrons. The Morgan fingerprint density at radius 1 is 1.30 bits per heavy atom. The van der Waals surface area contributed by atoms with E-state index in [4.69, 9.17) is 16.3 Å². The maximum Gasteiger partial charge on any atom is 0.256 e. The molecule has 0 heterocycles. The first-order valence-corrected chi connectivity index (χ1v) is 7.26. The summed E-state index contributed by atoms with van der Waals surface area (Å²) < 4.78 is 5.93. The molecular weight excluding hydrogens is 362 g/mol. The van der Waals surface area contributed by atoms with Crippen LogP contribution in [-0.2, 0) is 0 Å². The number of halogens is 2. The van der Waals surface area contributed by atoms with Gasteiger partial charge in [-0.1, -0.05) is 27.5 Å². The Kier molecular flexibility index (Phi) is 4.96. The van der Waals surface area contributed by atoms with Crippen molar-refractivity contribution in [1.82, 2.24) is 0 Å². The van der Waals surface area contributed by atoms with Crippen LogP contribution in [0.2, 0.25) is 5.02 Å². The first-order chi connectivity index (χ1) is 9.51. The Balaban J connectivity index is 2.21. The van der Waals surface area contributed by atoms with Gasteiger partial charge in [0, 0.05) is 15.1 Å². The zero-order valence-corrected chi connectivity index (χ0v) is 13.7. The number of anilines is 1. The Bertz CT molecular complexity index is 664. The van der Waals surface area contributed by atoms with Gasteiger partial charge in [0.15, 0.2) is 0 Å². The molecular formula is C14H11BrClNO2S. The smallest absolute Gasteiger partial charge is 0.256 e. The lowest BCUT2D eigenvalue weighted by Gasteiger charge is -2.09.